The minimum absolute atomic E-state index is 0.0485. The van der Waals surface area contributed by atoms with Gasteiger partial charge in [-0.3, -0.25) is 4.79 Å². The van der Waals surface area contributed by atoms with Gasteiger partial charge in [-0.2, -0.15) is 13.2 Å². The molecule has 0 aromatic carbocycles. The van der Waals surface area contributed by atoms with Gasteiger partial charge in [0.1, 0.15) is 5.76 Å². The Balaban J connectivity index is 1.67. The topological polar surface area (TPSA) is 58.4 Å². The summed E-state index contributed by atoms with van der Waals surface area (Å²) in [4.78, 5) is 13.6. The molecule has 0 radical (unpaired) electrons. The standard InChI is InChI=1S/C13H16F3N3O2/c1-19-5-8(13(14,15)16)10(6-19)17-12(20)9-4-11(21-18-9)7-2-3-7/h4,7-8,10H,2-3,5-6H2,1H3,(H,17,20)/t8-,10-/m0/s1. The summed E-state index contributed by atoms with van der Waals surface area (Å²) in [5.41, 5.74) is 0.0485. The first-order chi connectivity index (χ1) is 9.84. The highest BCUT2D eigenvalue weighted by Gasteiger charge is 2.49. The molecule has 8 heteroatoms. The third-order valence-electron chi connectivity index (χ3n) is 3.98. The molecule has 1 amide bonds. The van der Waals surface area contributed by atoms with Crippen LogP contribution in [0.3, 0.4) is 0 Å². The summed E-state index contributed by atoms with van der Waals surface area (Å²) in [5.74, 6) is -1.22. The van der Waals surface area contributed by atoms with E-state index in [0.29, 0.717) is 11.7 Å². The maximum absolute atomic E-state index is 12.9. The number of nitrogens with one attached hydrogen (secondary N) is 1. The highest BCUT2D eigenvalue weighted by molar-refractivity contribution is 5.92. The molecule has 1 aromatic heterocycles. The largest absolute Gasteiger partial charge is 0.395 e. The van der Waals surface area contributed by atoms with Crippen molar-refractivity contribution in [2.24, 2.45) is 5.92 Å². The lowest BCUT2D eigenvalue weighted by molar-refractivity contribution is -0.174. The Morgan fingerprint density at radius 1 is 1.43 bits per heavy atom. The van der Waals surface area contributed by atoms with E-state index in [9.17, 15) is 18.0 Å². The SMILES string of the molecule is CN1C[C@H](NC(=O)c2cc(C3CC3)on2)[C@@H](C(F)(F)F)C1. The second-order valence-corrected chi connectivity index (χ2v) is 5.84. The first kappa shape index (κ1) is 14.4. The zero-order chi connectivity index (χ0) is 15.2. The fraction of sp³-hybridized carbons (Fsp3) is 0.692. The molecule has 1 N–H and O–H groups in total. The van der Waals surface area contributed by atoms with Crippen LogP contribution in [0.1, 0.15) is 35.0 Å². The third kappa shape index (κ3) is 3.04. The molecule has 1 aliphatic heterocycles. The Bertz CT molecular complexity index is 539. The van der Waals surface area contributed by atoms with Gasteiger partial charge in [0, 0.05) is 25.1 Å². The molecule has 5 nitrogen and oxygen atoms in total. The second-order valence-electron chi connectivity index (χ2n) is 5.84. The Hall–Kier alpha value is -1.57. The summed E-state index contributed by atoms with van der Waals surface area (Å²) in [6.45, 7) is 0.0594. The first-order valence-electron chi connectivity index (χ1n) is 6.87. The maximum atomic E-state index is 12.9. The number of likely N-dealkylation sites (tertiary alicyclic amines) is 1. The van der Waals surface area contributed by atoms with Gasteiger partial charge in [-0.15, -0.1) is 0 Å². The van der Waals surface area contributed by atoms with E-state index in [-0.39, 0.29) is 18.8 Å². The van der Waals surface area contributed by atoms with Gasteiger partial charge < -0.3 is 14.7 Å². The van der Waals surface area contributed by atoms with Crippen LogP contribution in [0.4, 0.5) is 13.2 Å². The lowest BCUT2D eigenvalue weighted by Crippen LogP contribution is -2.45. The number of rotatable bonds is 3. The van der Waals surface area contributed by atoms with E-state index >= 15 is 0 Å². The number of amides is 1. The van der Waals surface area contributed by atoms with Crippen molar-refractivity contribution in [3.05, 3.63) is 17.5 Å². The second kappa shape index (κ2) is 5.01. The van der Waals surface area contributed by atoms with E-state index in [1.54, 1.807) is 11.9 Å². The molecule has 0 spiro atoms. The number of alkyl halides is 3. The predicted molar refractivity (Wildman–Crippen MR) is 66.8 cm³/mol. The van der Waals surface area contributed by atoms with Crippen molar-refractivity contribution in [3.8, 4) is 0 Å². The minimum atomic E-state index is -4.33. The molecule has 2 heterocycles. The van der Waals surface area contributed by atoms with E-state index in [2.05, 4.69) is 10.5 Å². The molecule has 0 bridgehead atoms. The van der Waals surface area contributed by atoms with E-state index in [1.807, 2.05) is 0 Å². The number of halogens is 3. The number of hydrogen-bond donors (Lipinski definition) is 1. The van der Waals surface area contributed by atoms with Crippen molar-refractivity contribution in [1.82, 2.24) is 15.4 Å². The van der Waals surface area contributed by atoms with Gasteiger partial charge in [0.2, 0.25) is 0 Å². The van der Waals surface area contributed by atoms with E-state index in [0.717, 1.165) is 12.8 Å². The molecule has 2 fully saturated rings. The molecule has 2 aliphatic rings. The molecule has 1 aliphatic carbocycles. The van der Waals surface area contributed by atoms with Gasteiger partial charge in [0.05, 0.1) is 12.0 Å². The van der Waals surface area contributed by atoms with Gasteiger partial charge in [-0.25, -0.2) is 0 Å². The van der Waals surface area contributed by atoms with Gasteiger partial charge in [0.25, 0.3) is 5.91 Å². The Labute approximate surface area is 119 Å². The molecular weight excluding hydrogens is 287 g/mol. The number of hydrogen-bond acceptors (Lipinski definition) is 4. The summed E-state index contributed by atoms with van der Waals surface area (Å²) in [7, 11) is 1.60. The zero-order valence-corrected chi connectivity index (χ0v) is 11.5. The maximum Gasteiger partial charge on any atom is 0.395 e. The summed E-state index contributed by atoms with van der Waals surface area (Å²) in [5, 5.41) is 6.08. The average Bonchev–Trinajstić information content (AvgIpc) is 2.98. The van der Waals surface area contributed by atoms with Crippen molar-refractivity contribution in [2.45, 2.75) is 31.0 Å². The number of likely N-dealkylation sites (N-methyl/N-ethyl adjacent to an activating group) is 1. The molecule has 1 aromatic rings. The van der Waals surface area contributed by atoms with Crippen LogP contribution in [0, 0.1) is 5.92 Å². The van der Waals surface area contributed by atoms with Crippen LogP contribution in [-0.4, -0.2) is 48.3 Å². The van der Waals surface area contributed by atoms with Gasteiger partial charge >= 0.3 is 6.18 Å². The summed E-state index contributed by atoms with van der Waals surface area (Å²) >= 11 is 0. The normalized spacial score (nSPS) is 27.0. The molecule has 2 atom stereocenters. The Morgan fingerprint density at radius 2 is 2.14 bits per heavy atom. The third-order valence-corrected chi connectivity index (χ3v) is 3.98. The van der Waals surface area contributed by atoms with Crippen LogP contribution in [-0.2, 0) is 0 Å². The lowest BCUT2D eigenvalue weighted by Gasteiger charge is -2.21. The zero-order valence-electron chi connectivity index (χ0n) is 11.5. The summed E-state index contributed by atoms with van der Waals surface area (Å²) in [6.07, 6.45) is -2.33. The first-order valence-corrected chi connectivity index (χ1v) is 6.87. The molecule has 0 unspecified atom stereocenters. The van der Waals surface area contributed by atoms with E-state index in [1.165, 1.54) is 6.07 Å². The van der Waals surface area contributed by atoms with Crippen molar-refractivity contribution >= 4 is 5.91 Å². The van der Waals surface area contributed by atoms with E-state index < -0.39 is 24.0 Å². The highest BCUT2D eigenvalue weighted by Crippen LogP contribution is 2.40. The highest BCUT2D eigenvalue weighted by atomic mass is 19.4. The monoisotopic (exact) mass is 303 g/mol. The van der Waals surface area contributed by atoms with Crippen molar-refractivity contribution < 1.29 is 22.5 Å². The minimum Gasteiger partial charge on any atom is -0.360 e. The molecule has 1 saturated heterocycles. The van der Waals surface area contributed by atoms with Crippen LogP contribution in [0.2, 0.25) is 0 Å². The average molecular weight is 303 g/mol. The van der Waals surface area contributed by atoms with Crippen LogP contribution in [0.25, 0.3) is 0 Å². The van der Waals surface area contributed by atoms with Crippen LogP contribution in [0.15, 0.2) is 10.6 Å². The lowest BCUT2D eigenvalue weighted by atomic mass is 10.0. The summed E-state index contributed by atoms with van der Waals surface area (Å²) < 4.78 is 43.9. The molecule has 116 valence electrons. The Morgan fingerprint density at radius 3 is 2.76 bits per heavy atom. The van der Waals surface area contributed by atoms with E-state index in [4.69, 9.17) is 4.52 Å². The number of nitrogens with zero attached hydrogens (tertiary/aromatic N) is 2. The van der Waals surface area contributed by atoms with Crippen molar-refractivity contribution in [2.75, 3.05) is 20.1 Å². The fourth-order valence-corrected chi connectivity index (χ4v) is 2.68. The van der Waals surface area contributed by atoms with Gasteiger partial charge in [-0.1, -0.05) is 5.16 Å². The molecule has 21 heavy (non-hydrogen) atoms. The van der Waals surface area contributed by atoms with Crippen LogP contribution >= 0.6 is 0 Å². The van der Waals surface area contributed by atoms with Crippen molar-refractivity contribution in [3.63, 3.8) is 0 Å². The van der Waals surface area contributed by atoms with Crippen molar-refractivity contribution in [1.29, 1.82) is 0 Å². The quantitative estimate of drug-likeness (QED) is 0.924. The molecule has 1 saturated carbocycles. The van der Waals surface area contributed by atoms with Crippen LogP contribution < -0.4 is 5.32 Å². The van der Waals surface area contributed by atoms with Gasteiger partial charge in [0.15, 0.2) is 5.69 Å². The Kier molecular flexibility index (Phi) is 3.43. The number of aromatic nitrogens is 1. The number of carbonyl (C=O) groups is 1. The van der Waals surface area contributed by atoms with Gasteiger partial charge in [-0.05, 0) is 19.9 Å². The molecule has 3 rings (SSSR count). The fourth-order valence-electron chi connectivity index (χ4n) is 2.68. The summed E-state index contributed by atoms with van der Waals surface area (Å²) in [6, 6.07) is 0.567. The molecular formula is C13H16F3N3O2. The van der Waals surface area contributed by atoms with Crippen LogP contribution in [0.5, 0.6) is 0 Å². The number of carbonyl (C=O) groups excluding carboxylic acids is 1. The predicted octanol–water partition coefficient (Wildman–Crippen LogP) is 1.77. The smallest absolute Gasteiger partial charge is 0.360 e.